The van der Waals surface area contributed by atoms with Crippen molar-refractivity contribution in [3.05, 3.63) is 60.7 Å². The van der Waals surface area contributed by atoms with Gasteiger partial charge in [-0.05, 0) is 67.9 Å². The number of carbonyl (C=O) groups is 3. The number of fused-ring (bicyclic) bond motifs is 3. The molecule has 1 aromatic heterocycles. The van der Waals surface area contributed by atoms with E-state index in [1.165, 1.54) is 12.1 Å². The molecule has 300 valence electrons. The molecule has 3 aliphatic carbocycles. The smallest absolute Gasteiger partial charge is 0.259 e. The second kappa shape index (κ2) is 14.5. The lowest BCUT2D eigenvalue weighted by atomic mass is 9.77. The number of Topliss-reactive ketones (excluding diaryl/α,β-unsaturated/α-hetero) is 1. The van der Waals surface area contributed by atoms with E-state index in [0.29, 0.717) is 54.1 Å². The summed E-state index contributed by atoms with van der Waals surface area (Å²) in [4.78, 5) is 49.6. The molecule has 3 saturated carbocycles. The molecule has 3 aromatic rings. The van der Waals surface area contributed by atoms with Crippen LogP contribution in [0.2, 0.25) is 0 Å². The Morgan fingerprint density at radius 3 is 2.45 bits per heavy atom. The lowest BCUT2D eigenvalue weighted by Gasteiger charge is -2.34. The minimum atomic E-state index is -3.92. The maximum absolute atomic E-state index is 14.8. The van der Waals surface area contributed by atoms with Crippen LogP contribution in [0.25, 0.3) is 10.8 Å². The largest absolute Gasteiger partial charge is 0.497 e. The molecule has 0 bridgehead atoms. The lowest BCUT2D eigenvalue weighted by Crippen LogP contribution is -2.54. The number of aromatic nitrogens is 1. The SMILES string of the molecule is C=C[C@@H]1C[C@]1(NC(=O)[C@@H]1C[C@@H](Oc2nc3c(c4cc(OC)ccc24)OCCN3C)CC1C(=O)C(Nc1ccc(F)c(F)c1)C(C)(C)C)C(=O)NS(=O)(=O)C1CC1. The second-order valence-corrected chi connectivity index (χ2v) is 18.3. The van der Waals surface area contributed by atoms with Gasteiger partial charge in [-0.15, -0.1) is 6.58 Å². The summed E-state index contributed by atoms with van der Waals surface area (Å²) in [6.07, 6.45) is 1.92. The molecule has 6 atom stereocenters. The van der Waals surface area contributed by atoms with E-state index in [-0.39, 0.29) is 36.6 Å². The number of nitrogens with one attached hydrogen (secondary N) is 3. The van der Waals surface area contributed by atoms with Gasteiger partial charge in [0.2, 0.25) is 21.8 Å². The van der Waals surface area contributed by atoms with E-state index in [1.54, 1.807) is 19.2 Å². The summed E-state index contributed by atoms with van der Waals surface area (Å²) in [5.41, 5.74) is -2.17. The summed E-state index contributed by atoms with van der Waals surface area (Å²) in [5, 5.41) is 6.59. The van der Waals surface area contributed by atoms with Gasteiger partial charge in [0.05, 0.1) is 30.9 Å². The summed E-state index contributed by atoms with van der Waals surface area (Å²) in [6, 6.07) is 7.69. The van der Waals surface area contributed by atoms with Crippen LogP contribution in [0.1, 0.15) is 52.9 Å². The van der Waals surface area contributed by atoms with Crippen LogP contribution in [-0.2, 0) is 24.4 Å². The number of halogens is 2. The highest BCUT2D eigenvalue weighted by atomic mass is 32.2. The number of pyridine rings is 1. The van der Waals surface area contributed by atoms with Gasteiger partial charge >= 0.3 is 0 Å². The lowest BCUT2D eigenvalue weighted by molar-refractivity contribution is -0.136. The maximum atomic E-state index is 14.8. The van der Waals surface area contributed by atoms with Gasteiger partial charge in [-0.3, -0.25) is 19.1 Å². The minimum absolute atomic E-state index is 0.0455. The van der Waals surface area contributed by atoms with Crippen molar-refractivity contribution >= 4 is 49.9 Å². The van der Waals surface area contributed by atoms with E-state index in [1.807, 2.05) is 38.8 Å². The number of hydrogen-bond acceptors (Lipinski definition) is 11. The Kier molecular flexibility index (Phi) is 10.2. The van der Waals surface area contributed by atoms with Crippen LogP contribution in [-0.4, -0.2) is 81.2 Å². The molecule has 7 rings (SSSR count). The van der Waals surface area contributed by atoms with Gasteiger partial charge in [0.25, 0.3) is 5.91 Å². The molecule has 13 nitrogen and oxygen atoms in total. The quantitative estimate of drug-likeness (QED) is 0.202. The van der Waals surface area contributed by atoms with Crippen molar-refractivity contribution in [1.82, 2.24) is 15.0 Å². The summed E-state index contributed by atoms with van der Waals surface area (Å²) in [6.45, 7) is 10.3. The predicted molar refractivity (Wildman–Crippen MR) is 205 cm³/mol. The number of anilines is 2. The predicted octanol–water partition coefficient (Wildman–Crippen LogP) is 4.89. The number of ether oxygens (including phenoxy) is 3. The Hall–Kier alpha value is -4.99. The molecule has 0 spiro atoms. The van der Waals surface area contributed by atoms with Crippen LogP contribution < -0.4 is 34.5 Å². The van der Waals surface area contributed by atoms with Gasteiger partial charge in [0, 0.05) is 41.4 Å². The standard InChI is InChI=1S/C40H47F2N5O8S/c1-7-21-20-40(21,38(50)46-56(51,52)25-10-11-25)45-36(49)29-19-24(18-27(29)32(48)34(39(2,3)4)43-22-8-13-30(41)31(42)16-22)55-37-26-12-9-23(53-6)17-28(26)33-35(44-37)47(5)14-15-54-33/h7-9,12-13,16-17,21,24-25,27,29,34,43H,1,10-11,14-15,18-20H2,2-6H3,(H,45,49)(H,46,50)/t21-,24+,27?,29-,34?,40-/m1/s1. The molecule has 3 N–H and O–H groups in total. The summed E-state index contributed by atoms with van der Waals surface area (Å²) in [7, 11) is -0.478. The monoisotopic (exact) mass is 795 g/mol. The molecule has 2 aromatic carbocycles. The third-order valence-electron chi connectivity index (χ3n) is 11.3. The van der Waals surface area contributed by atoms with Crippen LogP contribution in [0.3, 0.4) is 0 Å². The molecule has 1 aliphatic heterocycles. The van der Waals surface area contributed by atoms with E-state index in [2.05, 4.69) is 21.9 Å². The summed E-state index contributed by atoms with van der Waals surface area (Å²) >= 11 is 0. The fraction of sp³-hybridized carbons (Fsp3) is 0.500. The normalized spacial score (nSPS) is 25.0. The Morgan fingerprint density at radius 2 is 1.80 bits per heavy atom. The van der Waals surface area contributed by atoms with Gasteiger partial charge < -0.3 is 29.7 Å². The van der Waals surface area contributed by atoms with Gasteiger partial charge in [-0.1, -0.05) is 26.8 Å². The summed E-state index contributed by atoms with van der Waals surface area (Å²) in [5.74, 6) is -4.55. The van der Waals surface area contributed by atoms with E-state index in [0.717, 1.165) is 12.1 Å². The number of hydrogen-bond donors (Lipinski definition) is 3. The maximum Gasteiger partial charge on any atom is 0.259 e. The molecule has 3 fully saturated rings. The van der Waals surface area contributed by atoms with Crippen molar-refractivity contribution in [2.24, 2.45) is 23.2 Å². The van der Waals surface area contributed by atoms with Crippen molar-refractivity contribution in [2.75, 3.05) is 37.5 Å². The van der Waals surface area contributed by atoms with Crippen LogP contribution in [0.4, 0.5) is 20.3 Å². The fourth-order valence-electron chi connectivity index (χ4n) is 7.79. The first-order valence-corrected chi connectivity index (χ1v) is 20.3. The first-order valence-electron chi connectivity index (χ1n) is 18.7. The molecular formula is C40H47F2N5O8S. The molecule has 2 heterocycles. The number of amides is 2. The molecule has 16 heteroatoms. The van der Waals surface area contributed by atoms with Crippen LogP contribution in [0, 0.1) is 34.8 Å². The highest BCUT2D eigenvalue weighted by Gasteiger charge is 2.62. The molecule has 2 unspecified atom stereocenters. The molecule has 4 aliphatic rings. The van der Waals surface area contributed by atoms with Crippen LogP contribution >= 0.6 is 0 Å². The van der Waals surface area contributed by atoms with Gasteiger partial charge in [0.15, 0.2) is 29.0 Å². The zero-order valence-corrected chi connectivity index (χ0v) is 32.8. The number of likely N-dealkylation sites (N-methyl/N-ethyl adjacent to an activating group) is 1. The Morgan fingerprint density at radius 1 is 1.07 bits per heavy atom. The molecule has 0 saturated heterocycles. The number of sulfonamides is 1. The number of nitrogens with zero attached hydrogens (tertiary/aromatic N) is 2. The fourth-order valence-corrected chi connectivity index (χ4v) is 9.16. The number of carbonyl (C=O) groups excluding carboxylic acids is 3. The first-order chi connectivity index (χ1) is 26.4. The third-order valence-corrected chi connectivity index (χ3v) is 13.1. The number of rotatable bonds is 13. The van der Waals surface area contributed by atoms with E-state index < -0.39 is 79.6 Å². The second-order valence-electron chi connectivity index (χ2n) is 16.3. The van der Waals surface area contributed by atoms with Crippen LogP contribution in [0.15, 0.2) is 49.1 Å². The molecular weight excluding hydrogens is 749 g/mol. The van der Waals surface area contributed by atoms with E-state index >= 15 is 0 Å². The molecule has 56 heavy (non-hydrogen) atoms. The average Bonchev–Trinajstić information content (AvgIpc) is 4.08. The van der Waals surface area contributed by atoms with Crippen LogP contribution in [0.5, 0.6) is 17.4 Å². The van der Waals surface area contributed by atoms with Gasteiger partial charge in [-0.25, -0.2) is 17.2 Å². The number of benzene rings is 2. The van der Waals surface area contributed by atoms with Crippen molar-refractivity contribution < 1.29 is 45.8 Å². The zero-order chi connectivity index (χ0) is 40.3. The third kappa shape index (κ3) is 7.47. The Bertz CT molecular complexity index is 2210. The highest BCUT2D eigenvalue weighted by molar-refractivity contribution is 7.91. The molecule has 0 radical (unpaired) electrons. The first kappa shape index (κ1) is 39.3. The van der Waals surface area contributed by atoms with Crippen molar-refractivity contribution in [3.63, 3.8) is 0 Å². The van der Waals surface area contributed by atoms with Crippen molar-refractivity contribution in [3.8, 4) is 17.4 Å². The Labute approximate surface area is 324 Å². The van der Waals surface area contributed by atoms with Crippen molar-refractivity contribution in [1.29, 1.82) is 0 Å². The zero-order valence-electron chi connectivity index (χ0n) is 32.0. The Balaban J connectivity index is 1.23. The van der Waals surface area contributed by atoms with Gasteiger partial charge in [0.1, 0.15) is 24.0 Å². The topological polar surface area (TPSA) is 165 Å². The van der Waals surface area contributed by atoms with Crippen molar-refractivity contribution in [2.45, 2.75) is 75.8 Å². The molecule has 2 amide bonds. The van der Waals surface area contributed by atoms with E-state index in [4.69, 9.17) is 19.2 Å². The number of methoxy groups -OCH3 is 1. The van der Waals surface area contributed by atoms with E-state index in [9.17, 15) is 31.6 Å². The minimum Gasteiger partial charge on any atom is -0.497 e. The average molecular weight is 796 g/mol. The van der Waals surface area contributed by atoms with Gasteiger partial charge in [-0.2, -0.15) is 4.98 Å². The highest BCUT2D eigenvalue weighted by Crippen LogP contribution is 2.48. The number of ketones is 1. The summed E-state index contributed by atoms with van der Waals surface area (Å²) < 4.78 is 74.0.